The van der Waals surface area contributed by atoms with E-state index >= 15 is 0 Å². The molecule has 7 heteroatoms. The molecule has 0 bridgehead atoms. The summed E-state index contributed by atoms with van der Waals surface area (Å²) in [6.07, 6.45) is 12.1. The first-order valence-electron chi connectivity index (χ1n) is 6.42. The van der Waals surface area contributed by atoms with E-state index in [1.54, 1.807) is 40.4 Å². The number of anilines is 1. The van der Waals surface area contributed by atoms with Crippen molar-refractivity contribution in [1.29, 1.82) is 0 Å². The highest BCUT2D eigenvalue weighted by atomic mass is 15.2. The van der Waals surface area contributed by atoms with Crippen molar-refractivity contribution in [3.8, 4) is 11.8 Å². The first kappa shape index (κ1) is 12.3. The van der Waals surface area contributed by atoms with Crippen LogP contribution < -0.4 is 5.73 Å². The molecule has 7 nitrogen and oxygen atoms in total. The molecule has 3 heterocycles. The third kappa shape index (κ3) is 2.13. The molecule has 0 aliphatic carbocycles. The molecule has 102 valence electrons. The highest BCUT2D eigenvalue weighted by molar-refractivity contribution is 5.58. The number of aryl methyl sites for hydroxylation is 1. The molecule has 0 aliphatic heterocycles. The van der Waals surface area contributed by atoms with Crippen molar-refractivity contribution >= 4 is 5.69 Å². The molecule has 0 radical (unpaired) electrons. The van der Waals surface area contributed by atoms with Gasteiger partial charge in [-0.05, 0) is 6.42 Å². The lowest BCUT2D eigenvalue weighted by atomic mass is 10.2. The Kier molecular flexibility index (Phi) is 3.16. The molecule has 0 fully saturated rings. The molecule has 3 aromatic heterocycles. The van der Waals surface area contributed by atoms with Gasteiger partial charge >= 0.3 is 0 Å². The predicted molar refractivity (Wildman–Crippen MR) is 74.7 cm³/mol. The minimum Gasteiger partial charge on any atom is -0.394 e. The van der Waals surface area contributed by atoms with Crippen molar-refractivity contribution in [3.05, 3.63) is 43.1 Å². The molecule has 0 unspecified atom stereocenters. The van der Waals surface area contributed by atoms with Crippen LogP contribution in [0.25, 0.3) is 11.8 Å². The second-order valence-corrected chi connectivity index (χ2v) is 4.40. The van der Waals surface area contributed by atoms with Crippen LogP contribution in [0.15, 0.2) is 37.4 Å². The fourth-order valence-electron chi connectivity index (χ4n) is 1.99. The topological polar surface area (TPSA) is 87.4 Å². The SMILES string of the molecule is CCCc1nc(-n2ccnc2)nc(-n2ccnc2)c1N. The van der Waals surface area contributed by atoms with Gasteiger partial charge in [-0.1, -0.05) is 13.3 Å². The zero-order valence-corrected chi connectivity index (χ0v) is 11.1. The van der Waals surface area contributed by atoms with Gasteiger partial charge in [-0.15, -0.1) is 0 Å². The van der Waals surface area contributed by atoms with Gasteiger partial charge < -0.3 is 5.73 Å². The molecule has 0 saturated heterocycles. The molecule has 0 aromatic carbocycles. The Hall–Kier alpha value is -2.70. The number of aromatic nitrogens is 6. The summed E-state index contributed by atoms with van der Waals surface area (Å²) < 4.78 is 3.55. The number of rotatable bonds is 4. The van der Waals surface area contributed by atoms with Crippen LogP contribution in [0.1, 0.15) is 19.0 Å². The fraction of sp³-hybridized carbons (Fsp3) is 0.231. The number of nitrogen functional groups attached to an aromatic ring is 1. The monoisotopic (exact) mass is 269 g/mol. The zero-order valence-electron chi connectivity index (χ0n) is 11.1. The maximum absolute atomic E-state index is 6.18. The molecule has 3 aromatic rings. The van der Waals surface area contributed by atoms with Crippen LogP contribution >= 0.6 is 0 Å². The summed E-state index contributed by atoms with van der Waals surface area (Å²) in [6, 6.07) is 0. The second kappa shape index (κ2) is 5.12. The van der Waals surface area contributed by atoms with Crippen molar-refractivity contribution in [1.82, 2.24) is 29.1 Å². The van der Waals surface area contributed by atoms with E-state index in [0.717, 1.165) is 18.5 Å². The third-order valence-electron chi connectivity index (χ3n) is 2.96. The maximum Gasteiger partial charge on any atom is 0.237 e. The summed E-state index contributed by atoms with van der Waals surface area (Å²) in [7, 11) is 0. The average Bonchev–Trinajstić information content (AvgIpc) is 3.14. The highest BCUT2D eigenvalue weighted by Crippen LogP contribution is 2.21. The van der Waals surface area contributed by atoms with Crippen LogP contribution in [0.5, 0.6) is 0 Å². The van der Waals surface area contributed by atoms with Gasteiger partial charge in [0.15, 0.2) is 5.82 Å². The Bertz CT molecular complexity index is 686. The number of imidazole rings is 2. The van der Waals surface area contributed by atoms with Crippen molar-refractivity contribution in [2.75, 3.05) is 5.73 Å². The van der Waals surface area contributed by atoms with E-state index in [1.165, 1.54) is 0 Å². The summed E-state index contributed by atoms with van der Waals surface area (Å²) in [5.41, 5.74) is 7.62. The first-order chi connectivity index (χ1) is 9.79. The molecule has 0 aliphatic rings. The number of nitrogens with zero attached hydrogens (tertiary/aromatic N) is 6. The van der Waals surface area contributed by atoms with E-state index in [1.807, 2.05) is 6.20 Å². The highest BCUT2D eigenvalue weighted by Gasteiger charge is 2.13. The van der Waals surface area contributed by atoms with Gasteiger partial charge in [0, 0.05) is 24.8 Å². The lowest BCUT2D eigenvalue weighted by Gasteiger charge is -2.12. The Morgan fingerprint density at radius 1 is 1.05 bits per heavy atom. The van der Waals surface area contributed by atoms with E-state index in [0.29, 0.717) is 17.5 Å². The molecule has 0 saturated carbocycles. The van der Waals surface area contributed by atoms with Crippen molar-refractivity contribution < 1.29 is 0 Å². The van der Waals surface area contributed by atoms with Gasteiger partial charge in [0.05, 0.1) is 11.4 Å². The van der Waals surface area contributed by atoms with Crippen molar-refractivity contribution in [3.63, 3.8) is 0 Å². The first-order valence-corrected chi connectivity index (χ1v) is 6.42. The van der Waals surface area contributed by atoms with Crippen LogP contribution in [0.2, 0.25) is 0 Å². The summed E-state index contributed by atoms with van der Waals surface area (Å²) in [5, 5.41) is 0. The van der Waals surface area contributed by atoms with Gasteiger partial charge in [-0.2, -0.15) is 4.98 Å². The van der Waals surface area contributed by atoms with E-state index < -0.39 is 0 Å². The third-order valence-corrected chi connectivity index (χ3v) is 2.96. The lowest BCUT2D eigenvalue weighted by Crippen LogP contribution is -2.11. The van der Waals surface area contributed by atoms with Crippen LogP contribution in [0.3, 0.4) is 0 Å². The van der Waals surface area contributed by atoms with Crippen molar-refractivity contribution in [2.45, 2.75) is 19.8 Å². The second-order valence-electron chi connectivity index (χ2n) is 4.40. The lowest BCUT2D eigenvalue weighted by molar-refractivity contribution is 0.824. The van der Waals surface area contributed by atoms with E-state index in [-0.39, 0.29) is 0 Å². The molecule has 0 atom stereocenters. The van der Waals surface area contributed by atoms with Crippen LogP contribution in [0, 0.1) is 0 Å². The summed E-state index contributed by atoms with van der Waals surface area (Å²) in [5.74, 6) is 1.20. The summed E-state index contributed by atoms with van der Waals surface area (Å²) in [4.78, 5) is 17.1. The fourth-order valence-corrected chi connectivity index (χ4v) is 1.99. The van der Waals surface area contributed by atoms with Crippen molar-refractivity contribution in [2.24, 2.45) is 0 Å². The van der Waals surface area contributed by atoms with Crippen LogP contribution in [0.4, 0.5) is 5.69 Å². The zero-order chi connectivity index (χ0) is 13.9. The predicted octanol–water partition coefficient (Wildman–Crippen LogP) is 1.38. The number of hydrogen-bond donors (Lipinski definition) is 1. The van der Waals surface area contributed by atoms with Crippen LogP contribution in [-0.2, 0) is 6.42 Å². The molecular formula is C13H15N7. The van der Waals surface area contributed by atoms with Gasteiger partial charge in [0.25, 0.3) is 0 Å². The smallest absolute Gasteiger partial charge is 0.237 e. The summed E-state index contributed by atoms with van der Waals surface area (Å²) in [6.45, 7) is 2.09. The van der Waals surface area contributed by atoms with Gasteiger partial charge in [-0.3, -0.25) is 9.13 Å². The van der Waals surface area contributed by atoms with Gasteiger partial charge in [0.1, 0.15) is 12.7 Å². The van der Waals surface area contributed by atoms with Gasteiger partial charge in [-0.25, -0.2) is 15.0 Å². The normalized spacial score (nSPS) is 10.8. The standard InChI is InChI=1S/C13H15N7/c1-2-3-10-11(14)12(19-6-4-15-8-19)18-13(17-10)20-7-5-16-9-20/h4-9H,2-3,14H2,1H3. The molecule has 0 spiro atoms. The Morgan fingerprint density at radius 2 is 1.75 bits per heavy atom. The minimum absolute atomic E-state index is 0.559. The Labute approximate surface area is 116 Å². The van der Waals surface area contributed by atoms with Gasteiger partial charge in [0.2, 0.25) is 5.95 Å². The minimum atomic E-state index is 0.559. The van der Waals surface area contributed by atoms with E-state index in [4.69, 9.17) is 5.73 Å². The summed E-state index contributed by atoms with van der Waals surface area (Å²) >= 11 is 0. The molecule has 20 heavy (non-hydrogen) atoms. The maximum atomic E-state index is 6.18. The van der Waals surface area contributed by atoms with E-state index in [2.05, 4.69) is 26.9 Å². The molecule has 0 amide bonds. The quantitative estimate of drug-likeness (QED) is 0.773. The molecule has 2 N–H and O–H groups in total. The Balaban J connectivity index is 2.18. The Morgan fingerprint density at radius 3 is 2.35 bits per heavy atom. The van der Waals surface area contributed by atoms with E-state index in [9.17, 15) is 0 Å². The van der Waals surface area contributed by atoms with Crippen LogP contribution in [-0.4, -0.2) is 29.1 Å². The average molecular weight is 269 g/mol. The number of nitrogens with two attached hydrogens (primary N) is 1. The number of hydrogen-bond acceptors (Lipinski definition) is 5. The molecular weight excluding hydrogens is 254 g/mol. The molecule has 3 rings (SSSR count). The largest absolute Gasteiger partial charge is 0.394 e.